The second-order valence-corrected chi connectivity index (χ2v) is 4.52. The van der Waals surface area contributed by atoms with Gasteiger partial charge in [-0.1, -0.05) is 6.92 Å². The number of thioether (sulfide) groups is 1. The van der Waals surface area contributed by atoms with Gasteiger partial charge in [0.15, 0.2) is 0 Å². The molecule has 0 saturated heterocycles. The SMILES string of the molecule is CCCOc1ccc(F)cc1CCCSC#N. The summed E-state index contributed by atoms with van der Waals surface area (Å²) < 4.78 is 18.7. The average Bonchev–Trinajstić information content (AvgIpc) is 2.33. The summed E-state index contributed by atoms with van der Waals surface area (Å²) in [5, 5.41) is 10.4. The van der Waals surface area contributed by atoms with Gasteiger partial charge >= 0.3 is 0 Å². The number of ether oxygens (including phenoxy) is 1. The highest BCUT2D eigenvalue weighted by atomic mass is 32.2. The first kappa shape index (κ1) is 13.9. The maximum atomic E-state index is 13.1. The van der Waals surface area contributed by atoms with Crippen molar-refractivity contribution < 1.29 is 9.13 Å². The van der Waals surface area contributed by atoms with Crippen molar-refractivity contribution in [2.24, 2.45) is 0 Å². The molecular weight excluding hydrogens is 237 g/mol. The quantitative estimate of drug-likeness (QED) is 0.548. The molecule has 0 saturated carbocycles. The Bertz CT molecular complexity index is 389. The van der Waals surface area contributed by atoms with E-state index in [1.807, 2.05) is 12.3 Å². The lowest BCUT2D eigenvalue weighted by atomic mass is 10.1. The Morgan fingerprint density at radius 1 is 1.47 bits per heavy atom. The summed E-state index contributed by atoms with van der Waals surface area (Å²) >= 11 is 1.23. The molecule has 1 aromatic rings. The number of thiocyanates is 1. The van der Waals surface area contributed by atoms with Gasteiger partial charge < -0.3 is 4.74 Å². The molecule has 0 N–H and O–H groups in total. The highest BCUT2D eigenvalue weighted by molar-refractivity contribution is 8.03. The van der Waals surface area contributed by atoms with Crippen LogP contribution in [0.2, 0.25) is 0 Å². The molecule has 17 heavy (non-hydrogen) atoms. The van der Waals surface area contributed by atoms with Crippen molar-refractivity contribution in [2.75, 3.05) is 12.4 Å². The Labute approximate surface area is 106 Å². The molecule has 0 aromatic heterocycles. The van der Waals surface area contributed by atoms with Crippen molar-refractivity contribution >= 4 is 11.8 Å². The van der Waals surface area contributed by atoms with Gasteiger partial charge in [0.05, 0.1) is 6.61 Å². The molecule has 0 amide bonds. The van der Waals surface area contributed by atoms with E-state index in [1.165, 1.54) is 23.9 Å². The monoisotopic (exact) mass is 253 g/mol. The minimum absolute atomic E-state index is 0.239. The van der Waals surface area contributed by atoms with Crippen LogP contribution in [0, 0.1) is 16.5 Å². The summed E-state index contributed by atoms with van der Waals surface area (Å²) in [4.78, 5) is 0. The molecule has 2 nitrogen and oxygen atoms in total. The van der Waals surface area contributed by atoms with Gasteiger partial charge in [0.2, 0.25) is 0 Å². The van der Waals surface area contributed by atoms with Crippen molar-refractivity contribution in [1.82, 2.24) is 0 Å². The molecule has 0 aliphatic rings. The van der Waals surface area contributed by atoms with Gasteiger partial charge in [-0.05, 0) is 54.8 Å². The van der Waals surface area contributed by atoms with Crippen LogP contribution >= 0.6 is 11.8 Å². The largest absolute Gasteiger partial charge is 0.493 e. The Balaban J connectivity index is 2.60. The van der Waals surface area contributed by atoms with Crippen LogP contribution < -0.4 is 4.74 Å². The van der Waals surface area contributed by atoms with Crippen molar-refractivity contribution in [1.29, 1.82) is 5.26 Å². The lowest BCUT2D eigenvalue weighted by Gasteiger charge is -2.10. The molecule has 0 unspecified atom stereocenters. The Hall–Kier alpha value is -1.21. The summed E-state index contributed by atoms with van der Waals surface area (Å²) in [6, 6.07) is 4.61. The van der Waals surface area contributed by atoms with Crippen LogP contribution in [0.25, 0.3) is 0 Å². The van der Waals surface area contributed by atoms with Gasteiger partial charge in [0.1, 0.15) is 17.0 Å². The highest BCUT2D eigenvalue weighted by Gasteiger charge is 2.05. The maximum Gasteiger partial charge on any atom is 0.133 e. The number of hydrogen-bond acceptors (Lipinski definition) is 3. The van der Waals surface area contributed by atoms with E-state index in [-0.39, 0.29) is 5.82 Å². The van der Waals surface area contributed by atoms with Crippen LogP contribution in [0.4, 0.5) is 4.39 Å². The number of benzene rings is 1. The standard InChI is InChI=1S/C13H16FNOS/c1-2-7-16-13-6-5-12(14)9-11(13)4-3-8-17-10-15/h5-6,9H,2-4,7-8H2,1H3. The zero-order valence-electron chi connectivity index (χ0n) is 9.91. The first-order chi connectivity index (χ1) is 8.27. The number of aryl methyl sites for hydroxylation is 1. The van der Waals surface area contributed by atoms with Gasteiger partial charge in [-0.15, -0.1) is 0 Å². The van der Waals surface area contributed by atoms with Gasteiger partial charge in [-0.3, -0.25) is 0 Å². The van der Waals surface area contributed by atoms with Crippen molar-refractivity contribution in [2.45, 2.75) is 26.2 Å². The van der Waals surface area contributed by atoms with E-state index in [4.69, 9.17) is 10.00 Å². The van der Waals surface area contributed by atoms with Crippen LogP contribution in [0.3, 0.4) is 0 Å². The molecule has 0 bridgehead atoms. The first-order valence-electron chi connectivity index (χ1n) is 5.70. The molecule has 0 aliphatic carbocycles. The minimum atomic E-state index is -0.239. The van der Waals surface area contributed by atoms with Crippen LogP contribution in [0.1, 0.15) is 25.3 Å². The Morgan fingerprint density at radius 3 is 3.00 bits per heavy atom. The lowest BCUT2D eigenvalue weighted by molar-refractivity contribution is 0.313. The molecule has 0 heterocycles. The van der Waals surface area contributed by atoms with Gasteiger partial charge in [0, 0.05) is 5.75 Å². The predicted molar refractivity (Wildman–Crippen MR) is 68.6 cm³/mol. The fourth-order valence-corrected chi connectivity index (χ4v) is 1.86. The predicted octanol–water partition coefficient (Wildman–Crippen LogP) is 3.76. The molecule has 1 aromatic carbocycles. The zero-order valence-corrected chi connectivity index (χ0v) is 10.7. The van der Waals surface area contributed by atoms with Gasteiger partial charge in [-0.2, -0.15) is 5.26 Å². The first-order valence-corrected chi connectivity index (χ1v) is 6.68. The number of rotatable bonds is 7. The molecule has 0 radical (unpaired) electrons. The molecule has 92 valence electrons. The molecule has 0 fully saturated rings. The normalized spacial score (nSPS) is 9.94. The number of hydrogen-bond donors (Lipinski definition) is 0. The number of nitriles is 1. The Morgan fingerprint density at radius 2 is 2.29 bits per heavy atom. The third-order valence-electron chi connectivity index (χ3n) is 2.24. The summed E-state index contributed by atoms with van der Waals surface area (Å²) in [5.74, 6) is 1.28. The van der Waals surface area contributed by atoms with Crippen LogP contribution in [0.5, 0.6) is 5.75 Å². The third-order valence-corrected chi connectivity index (χ3v) is 2.86. The summed E-state index contributed by atoms with van der Waals surface area (Å²) in [6.45, 7) is 2.68. The second-order valence-electron chi connectivity index (χ2n) is 3.64. The minimum Gasteiger partial charge on any atom is -0.493 e. The zero-order chi connectivity index (χ0) is 12.5. The van der Waals surface area contributed by atoms with Crippen molar-refractivity contribution in [3.05, 3.63) is 29.6 Å². The van der Waals surface area contributed by atoms with E-state index < -0.39 is 0 Å². The molecule has 1 rings (SSSR count). The highest BCUT2D eigenvalue weighted by Crippen LogP contribution is 2.22. The van der Waals surface area contributed by atoms with Gasteiger partial charge in [-0.25, -0.2) is 4.39 Å². The lowest BCUT2D eigenvalue weighted by Crippen LogP contribution is -2.00. The molecular formula is C13H16FNOS. The van der Waals surface area contributed by atoms with Crippen LogP contribution in [-0.2, 0) is 6.42 Å². The maximum absolute atomic E-state index is 13.1. The van der Waals surface area contributed by atoms with Crippen LogP contribution in [0.15, 0.2) is 18.2 Å². The smallest absolute Gasteiger partial charge is 0.133 e. The van der Waals surface area contributed by atoms with E-state index in [0.717, 1.165) is 36.3 Å². The topological polar surface area (TPSA) is 33.0 Å². The van der Waals surface area contributed by atoms with E-state index in [9.17, 15) is 4.39 Å². The molecule has 4 heteroatoms. The van der Waals surface area contributed by atoms with Crippen LogP contribution in [-0.4, -0.2) is 12.4 Å². The summed E-state index contributed by atoms with van der Waals surface area (Å²) in [7, 11) is 0. The summed E-state index contributed by atoms with van der Waals surface area (Å²) in [6.07, 6.45) is 2.52. The third kappa shape index (κ3) is 5.10. The molecule has 0 atom stereocenters. The van der Waals surface area contributed by atoms with Crippen molar-refractivity contribution in [3.8, 4) is 11.2 Å². The van der Waals surface area contributed by atoms with Crippen molar-refractivity contribution in [3.63, 3.8) is 0 Å². The fourth-order valence-electron chi connectivity index (χ4n) is 1.48. The molecule has 0 aliphatic heterocycles. The second kappa shape index (κ2) is 7.97. The molecule has 0 spiro atoms. The fraction of sp³-hybridized carbons (Fsp3) is 0.462. The van der Waals surface area contributed by atoms with E-state index in [0.29, 0.717) is 6.61 Å². The van der Waals surface area contributed by atoms with Gasteiger partial charge in [0.25, 0.3) is 0 Å². The Kier molecular flexibility index (Phi) is 6.49. The van der Waals surface area contributed by atoms with E-state index in [1.54, 1.807) is 6.07 Å². The van der Waals surface area contributed by atoms with E-state index in [2.05, 4.69) is 0 Å². The number of nitrogens with zero attached hydrogens (tertiary/aromatic N) is 1. The van der Waals surface area contributed by atoms with E-state index >= 15 is 0 Å². The summed E-state index contributed by atoms with van der Waals surface area (Å²) in [5.41, 5.74) is 0.886. The average molecular weight is 253 g/mol. The number of halogens is 1.